The van der Waals surface area contributed by atoms with Crippen LogP contribution in [0.15, 0.2) is 18.2 Å². The molecule has 0 aliphatic carbocycles. The number of primary amides is 1. The third-order valence-corrected chi connectivity index (χ3v) is 2.99. The lowest BCUT2D eigenvalue weighted by molar-refractivity contribution is -0.386. The van der Waals surface area contributed by atoms with Gasteiger partial charge in [0.1, 0.15) is 6.10 Å². The van der Waals surface area contributed by atoms with Crippen LogP contribution in [-0.4, -0.2) is 30.0 Å². The molecule has 1 amide bonds. The molecular formula is C12H15N3O4. The number of piperidine rings is 1. The number of rotatable bonds is 4. The second kappa shape index (κ2) is 5.66. The van der Waals surface area contributed by atoms with Gasteiger partial charge in [0.2, 0.25) is 5.91 Å². The quantitative estimate of drug-likeness (QED) is 0.619. The summed E-state index contributed by atoms with van der Waals surface area (Å²) in [7, 11) is 0. The monoisotopic (exact) mass is 265 g/mol. The van der Waals surface area contributed by atoms with Gasteiger partial charge in [-0.25, -0.2) is 0 Å². The largest absolute Gasteiger partial charge is 0.482 e. The minimum absolute atomic E-state index is 0.0909. The normalized spacial score (nSPS) is 18.8. The molecule has 19 heavy (non-hydrogen) atoms. The number of nitrogens with two attached hydrogens (primary N) is 1. The Kier molecular flexibility index (Phi) is 3.96. The molecule has 0 radical (unpaired) electrons. The molecule has 0 aromatic heterocycles. The van der Waals surface area contributed by atoms with Crippen molar-refractivity contribution < 1.29 is 14.5 Å². The number of nitrogens with one attached hydrogen (secondary N) is 1. The summed E-state index contributed by atoms with van der Waals surface area (Å²) in [5.41, 5.74) is 4.97. The Labute approximate surface area is 109 Å². The van der Waals surface area contributed by atoms with E-state index in [1.54, 1.807) is 0 Å². The van der Waals surface area contributed by atoms with Crippen molar-refractivity contribution in [1.82, 2.24) is 5.32 Å². The van der Waals surface area contributed by atoms with Crippen LogP contribution in [0.5, 0.6) is 5.75 Å². The molecule has 1 aliphatic rings. The van der Waals surface area contributed by atoms with Crippen molar-refractivity contribution in [3.05, 3.63) is 33.9 Å². The zero-order valence-electron chi connectivity index (χ0n) is 10.3. The first-order chi connectivity index (χ1) is 9.08. The van der Waals surface area contributed by atoms with Gasteiger partial charge in [-0.1, -0.05) is 0 Å². The lowest BCUT2D eigenvalue weighted by atomic mass is 10.1. The molecule has 2 rings (SSSR count). The molecule has 0 unspecified atom stereocenters. The Morgan fingerprint density at radius 2 is 2.32 bits per heavy atom. The number of ether oxygens (including phenoxy) is 1. The molecule has 1 saturated heterocycles. The number of nitro groups is 1. The number of carbonyl (C=O) groups excluding carboxylic acids is 1. The predicted octanol–water partition coefficient (Wildman–Crippen LogP) is 0.824. The van der Waals surface area contributed by atoms with Crippen LogP contribution in [0, 0.1) is 10.1 Å². The van der Waals surface area contributed by atoms with Gasteiger partial charge in [0.05, 0.1) is 4.92 Å². The van der Waals surface area contributed by atoms with E-state index >= 15 is 0 Å². The number of hydrogen-bond donors (Lipinski definition) is 2. The second-order valence-electron chi connectivity index (χ2n) is 4.39. The van der Waals surface area contributed by atoms with Crippen LogP contribution >= 0.6 is 0 Å². The smallest absolute Gasteiger partial charge is 0.311 e. The van der Waals surface area contributed by atoms with Gasteiger partial charge < -0.3 is 15.8 Å². The summed E-state index contributed by atoms with van der Waals surface area (Å²) in [6, 6.07) is 4.00. The van der Waals surface area contributed by atoms with E-state index in [0.717, 1.165) is 25.5 Å². The van der Waals surface area contributed by atoms with Gasteiger partial charge in [-0.2, -0.15) is 0 Å². The summed E-state index contributed by atoms with van der Waals surface area (Å²) in [6.45, 7) is 1.59. The zero-order valence-corrected chi connectivity index (χ0v) is 10.3. The van der Waals surface area contributed by atoms with Crippen LogP contribution in [0.4, 0.5) is 5.69 Å². The highest BCUT2D eigenvalue weighted by Crippen LogP contribution is 2.29. The third-order valence-electron chi connectivity index (χ3n) is 2.99. The maximum atomic E-state index is 11.0. The molecule has 0 bridgehead atoms. The molecule has 7 nitrogen and oxygen atoms in total. The highest BCUT2D eigenvalue weighted by molar-refractivity contribution is 5.93. The molecule has 1 aromatic rings. The third kappa shape index (κ3) is 3.19. The van der Waals surface area contributed by atoms with Crippen molar-refractivity contribution in [3.8, 4) is 5.75 Å². The minimum atomic E-state index is -0.700. The topological polar surface area (TPSA) is 107 Å². The first kappa shape index (κ1) is 13.3. The molecule has 3 N–H and O–H groups in total. The summed E-state index contributed by atoms with van der Waals surface area (Å²) < 4.78 is 5.63. The van der Waals surface area contributed by atoms with Crippen molar-refractivity contribution in [2.75, 3.05) is 13.1 Å². The molecule has 0 saturated carbocycles. The van der Waals surface area contributed by atoms with E-state index in [4.69, 9.17) is 10.5 Å². The van der Waals surface area contributed by atoms with Crippen LogP contribution in [0.1, 0.15) is 23.2 Å². The molecule has 102 valence electrons. The van der Waals surface area contributed by atoms with Crippen molar-refractivity contribution in [1.29, 1.82) is 0 Å². The SMILES string of the molecule is NC(=O)c1ccc(O[C@H]2CCCNC2)c([N+](=O)[O-])c1. The molecule has 1 aromatic carbocycles. The lowest BCUT2D eigenvalue weighted by Gasteiger charge is -2.23. The average molecular weight is 265 g/mol. The molecular weight excluding hydrogens is 250 g/mol. The maximum absolute atomic E-state index is 11.0. The number of nitrogens with zero attached hydrogens (tertiary/aromatic N) is 1. The lowest BCUT2D eigenvalue weighted by Crippen LogP contribution is -2.37. The maximum Gasteiger partial charge on any atom is 0.311 e. The minimum Gasteiger partial charge on any atom is -0.482 e. The summed E-state index contributed by atoms with van der Waals surface area (Å²) in [6.07, 6.45) is 1.73. The summed E-state index contributed by atoms with van der Waals surface area (Å²) in [5, 5.41) is 14.2. The molecule has 1 atom stereocenters. The number of benzene rings is 1. The van der Waals surface area contributed by atoms with E-state index in [2.05, 4.69) is 5.32 Å². The first-order valence-electron chi connectivity index (χ1n) is 6.03. The number of nitro benzene ring substituents is 1. The van der Waals surface area contributed by atoms with E-state index in [-0.39, 0.29) is 23.1 Å². The fraction of sp³-hybridized carbons (Fsp3) is 0.417. The Balaban J connectivity index is 2.23. The Hall–Kier alpha value is -2.15. The number of carbonyl (C=O) groups is 1. The Morgan fingerprint density at radius 1 is 1.53 bits per heavy atom. The standard InChI is InChI=1S/C12H15N3O4/c13-12(16)8-3-4-11(10(6-8)15(17)18)19-9-2-1-5-14-7-9/h3-4,6,9,14H,1-2,5,7H2,(H2,13,16)/t9-/m0/s1. The Morgan fingerprint density at radius 3 is 2.89 bits per heavy atom. The van der Waals surface area contributed by atoms with Crippen molar-refractivity contribution >= 4 is 11.6 Å². The van der Waals surface area contributed by atoms with Crippen LogP contribution in [-0.2, 0) is 0 Å². The molecule has 1 heterocycles. The molecule has 1 aliphatic heterocycles. The van der Waals surface area contributed by atoms with E-state index in [1.807, 2.05) is 0 Å². The van der Waals surface area contributed by atoms with Gasteiger partial charge in [0.25, 0.3) is 0 Å². The second-order valence-corrected chi connectivity index (χ2v) is 4.39. The van der Waals surface area contributed by atoms with Crippen LogP contribution in [0.25, 0.3) is 0 Å². The van der Waals surface area contributed by atoms with Gasteiger partial charge >= 0.3 is 5.69 Å². The fourth-order valence-electron chi connectivity index (χ4n) is 2.01. The van der Waals surface area contributed by atoms with Crippen molar-refractivity contribution in [3.63, 3.8) is 0 Å². The molecule has 0 spiro atoms. The van der Waals surface area contributed by atoms with E-state index < -0.39 is 10.8 Å². The Bertz CT molecular complexity index is 498. The summed E-state index contributed by atoms with van der Waals surface area (Å²) >= 11 is 0. The molecule has 1 fully saturated rings. The van der Waals surface area contributed by atoms with Crippen LogP contribution < -0.4 is 15.8 Å². The van der Waals surface area contributed by atoms with Crippen molar-refractivity contribution in [2.45, 2.75) is 18.9 Å². The van der Waals surface area contributed by atoms with Gasteiger partial charge in [0.15, 0.2) is 5.75 Å². The fourth-order valence-corrected chi connectivity index (χ4v) is 2.01. The number of amides is 1. The van der Waals surface area contributed by atoms with Gasteiger partial charge in [-0.15, -0.1) is 0 Å². The highest BCUT2D eigenvalue weighted by Gasteiger charge is 2.22. The predicted molar refractivity (Wildman–Crippen MR) is 68.1 cm³/mol. The first-order valence-corrected chi connectivity index (χ1v) is 6.03. The van der Waals surface area contributed by atoms with Gasteiger partial charge in [0, 0.05) is 18.2 Å². The van der Waals surface area contributed by atoms with E-state index in [9.17, 15) is 14.9 Å². The van der Waals surface area contributed by atoms with Crippen LogP contribution in [0.3, 0.4) is 0 Å². The van der Waals surface area contributed by atoms with Gasteiger partial charge in [-0.3, -0.25) is 14.9 Å². The molecule has 7 heteroatoms. The average Bonchev–Trinajstić information content (AvgIpc) is 2.39. The summed E-state index contributed by atoms with van der Waals surface area (Å²) in [4.78, 5) is 21.5. The van der Waals surface area contributed by atoms with E-state index in [0.29, 0.717) is 6.54 Å². The van der Waals surface area contributed by atoms with Crippen LogP contribution in [0.2, 0.25) is 0 Å². The van der Waals surface area contributed by atoms with Crippen molar-refractivity contribution in [2.24, 2.45) is 5.73 Å². The summed E-state index contributed by atoms with van der Waals surface area (Å²) in [5.74, 6) is -0.530. The van der Waals surface area contributed by atoms with Gasteiger partial charge in [-0.05, 0) is 31.5 Å². The van der Waals surface area contributed by atoms with E-state index in [1.165, 1.54) is 12.1 Å². The zero-order chi connectivity index (χ0) is 13.8. The number of hydrogen-bond acceptors (Lipinski definition) is 5. The highest BCUT2D eigenvalue weighted by atomic mass is 16.6.